The quantitative estimate of drug-likeness (QED) is 0.795. The minimum Gasteiger partial charge on any atom is -0.370 e. The van der Waals surface area contributed by atoms with Crippen molar-refractivity contribution < 1.29 is 22.1 Å². The highest BCUT2D eigenvalue weighted by Crippen LogP contribution is 2.23. The van der Waals surface area contributed by atoms with E-state index in [2.05, 4.69) is 0 Å². The predicted octanol–water partition coefficient (Wildman–Crippen LogP) is 1.89. The first-order chi connectivity index (χ1) is 9.31. The SMILES string of the molecule is Cc1ccc(S(=O)(=O)OCC2OCCOC2(C)C)cc1. The zero-order chi connectivity index (χ0) is 14.8. The monoisotopic (exact) mass is 300 g/mol. The number of rotatable bonds is 4. The molecule has 1 aliphatic rings. The molecule has 1 unspecified atom stereocenters. The molecule has 0 radical (unpaired) electrons. The molecule has 0 saturated carbocycles. The van der Waals surface area contributed by atoms with E-state index in [4.69, 9.17) is 13.7 Å². The fraction of sp³-hybridized carbons (Fsp3) is 0.571. The van der Waals surface area contributed by atoms with E-state index < -0.39 is 21.8 Å². The van der Waals surface area contributed by atoms with Gasteiger partial charge in [-0.15, -0.1) is 0 Å². The number of benzene rings is 1. The molecule has 0 amide bonds. The molecule has 0 N–H and O–H groups in total. The molecule has 1 heterocycles. The molecule has 0 spiro atoms. The van der Waals surface area contributed by atoms with Crippen molar-refractivity contribution in [2.75, 3.05) is 19.8 Å². The van der Waals surface area contributed by atoms with Crippen LogP contribution < -0.4 is 0 Å². The summed E-state index contributed by atoms with van der Waals surface area (Å²) in [5.74, 6) is 0. The summed E-state index contributed by atoms with van der Waals surface area (Å²) in [6, 6.07) is 6.54. The van der Waals surface area contributed by atoms with Gasteiger partial charge in [0.2, 0.25) is 0 Å². The fourth-order valence-electron chi connectivity index (χ4n) is 1.96. The van der Waals surface area contributed by atoms with Crippen molar-refractivity contribution >= 4 is 10.1 Å². The van der Waals surface area contributed by atoms with Gasteiger partial charge in [-0.2, -0.15) is 8.42 Å². The Balaban J connectivity index is 2.04. The van der Waals surface area contributed by atoms with Gasteiger partial charge >= 0.3 is 0 Å². The standard InChI is InChI=1S/C14H20O5S/c1-11-4-6-12(7-5-11)20(15,16)19-10-13-14(2,3)18-9-8-17-13/h4-7,13H,8-10H2,1-3H3. The van der Waals surface area contributed by atoms with Gasteiger partial charge in [-0.05, 0) is 32.9 Å². The van der Waals surface area contributed by atoms with Crippen LogP contribution in [0.2, 0.25) is 0 Å². The Kier molecular flexibility index (Phi) is 4.49. The van der Waals surface area contributed by atoms with Crippen molar-refractivity contribution in [1.29, 1.82) is 0 Å². The summed E-state index contributed by atoms with van der Waals surface area (Å²) in [4.78, 5) is 0.151. The number of aryl methyl sites for hydroxylation is 1. The van der Waals surface area contributed by atoms with E-state index in [1.165, 1.54) is 12.1 Å². The molecule has 1 saturated heterocycles. The van der Waals surface area contributed by atoms with E-state index in [0.717, 1.165) is 5.56 Å². The molecule has 1 aromatic rings. The fourth-order valence-corrected chi connectivity index (χ4v) is 2.87. The topological polar surface area (TPSA) is 61.8 Å². The first-order valence-corrected chi connectivity index (χ1v) is 7.94. The van der Waals surface area contributed by atoms with Crippen LogP contribution in [0.1, 0.15) is 19.4 Å². The third-order valence-electron chi connectivity index (χ3n) is 3.34. The molecular formula is C14H20O5S. The van der Waals surface area contributed by atoms with Gasteiger partial charge < -0.3 is 9.47 Å². The van der Waals surface area contributed by atoms with Crippen LogP contribution in [0.4, 0.5) is 0 Å². The van der Waals surface area contributed by atoms with Crippen molar-refractivity contribution in [3.63, 3.8) is 0 Å². The Hall–Kier alpha value is -0.950. The summed E-state index contributed by atoms with van der Waals surface area (Å²) in [5, 5.41) is 0. The van der Waals surface area contributed by atoms with Crippen LogP contribution in [0.3, 0.4) is 0 Å². The van der Waals surface area contributed by atoms with Crippen molar-refractivity contribution in [3.8, 4) is 0 Å². The molecule has 0 aromatic heterocycles. The van der Waals surface area contributed by atoms with Crippen LogP contribution in [0.25, 0.3) is 0 Å². The molecule has 1 aromatic carbocycles. The Bertz CT molecular complexity index is 547. The third-order valence-corrected chi connectivity index (χ3v) is 4.63. The minimum absolute atomic E-state index is 0.0524. The second-order valence-electron chi connectivity index (χ2n) is 5.36. The zero-order valence-electron chi connectivity index (χ0n) is 12.0. The van der Waals surface area contributed by atoms with E-state index in [1.807, 2.05) is 20.8 Å². The van der Waals surface area contributed by atoms with Gasteiger partial charge in [-0.3, -0.25) is 4.18 Å². The largest absolute Gasteiger partial charge is 0.370 e. The molecule has 0 bridgehead atoms. The lowest BCUT2D eigenvalue weighted by Gasteiger charge is -2.37. The summed E-state index contributed by atoms with van der Waals surface area (Å²) in [6.07, 6.45) is -0.406. The van der Waals surface area contributed by atoms with Crippen LogP contribution in [-0.4, -0.2) is 39.9 Å². The lowest BCUT2D eigenvalue weighted by Crippen LogP contribution is -2.49. The number of hydrogen-bond acceptors (Lipinski definition) is 5. The third kappa shape index (κ3) is 3.58. The van der Waals surface area contributed by atoms with Gasteiger partial charge in [0.05, 0.1) is 30.3 Å². The van der Waals surface area contributed by atoms with Crippen molar-refractivity contribution in [2.24, 2.45) is 0 Å². The zero-order valence-corrected chi connectivity index (χ0v) is 12.8. The first-order valence-electron chi connectivity index (χ1n) is 6.53. The van der Waals surface area contributed by atoms with Gasteiger partial charge in [0.25, 0.3) is 10.1 Å². The van der Waals surface area contributed by atoms with Crippen LogP contribution >= 0.6 is 0 Å². The molecule has 5 nitrogen and oxygen atoms in total. The summed E-state index contributed by atoms with van der Waals surface area (Å²) in [7, 11) is -3.76. The van der Waals surface area contributed by atoms with E-state index >= 15 is 0 Å². The molecule has 6 heteroatoms. The Morgan fingerprint density at radius 2 is 1.90 bits per heavy atom. The normalized spacial score (nSPS) is 22.6. The molecule has 1 fully saturated rings. The Labute approximate surface area is 120 Å². The molecule has 0 aliphatic carbocycles. The molecule has 20 heavy (non-hydrogen) atoms. The molecule has 1 atom stereocenters. The first kappa shape index (κ1) is 15.4. The maximum atomic E-state index is 12.1. The average molecular weight is 300 g/mol. The smallest absolute Gasteiger partial charge is 0.297 e. The van der Waals surface area contributed by atoms with E-state index in [1.54, 1.807) is 12.1 Å². The van der Waals surface area contributed by atoms with Crippen LogP contribution in [0.5, 0.6) is 0 Å². The molecule has 112 valence electrons. The van der Waals surface area contributed by atoms with Crippen LogP contribution in [-0.2, 0) is 23.8 Å². The lowest BCUT2D eigenvalue weighted by atomic mass is 10.0. The van der Waals surface area contributed by atoms with Crippen molar-refractivity contribution in [3.05, 3.63) is 29.8 Å². The van der Waals surface area contributed by atoms with Crippen molar-refractivity contribution in [2.45, 2.75) is 37.4 Å². The lowest BCUT2D eigenvalue weighted by molar-refractivity contribution is -0.194. The second kappa shape index (κ2) is 5.81. The van der Waals surface area contributed by atoms with Gasteiger partial charge in [0, 0.05) is 0 Å². The highest BCUT2D eigenvalue weighted by Gasteiger charge is 2.36. The van der Waals surface area contributed by atoms with E-state index in [0.29, 0.717) is 13.2 Å². The van der Waals surface area contributed by atoms with Gasteiger partial charge in [0.1, 0.15) is 6.10 Å². The van der Waals surface area contributed by atoms with E-state index in [-0.39, 0.29) is 11.5 Å². The summed E-state index contributed by atoms with van der Waals surface area (Å²) < 4.78 is 40.3. The van der Waals surface area contributed by atoms with Crippen molar-refractivity contribution in [1.82, 2.24) is 0 Å². The number of ether oxygens (including phenoxy) is 2. The van der Waals surface area contributed by atoms with Gasteiger partial charge in [-0.25, -0.2) is 0 Å². The Morgan fingerprint density at radius 1 is 1.25 bits per heavy atom. The summed E-state index contributed by atoms with van der Waals surface area (Å²) in [6.45, 7) is 6.52. The van der Waals surface area contributed by atoms with Crippen LogP contribution in [0.15, 0.2) is 29.2 Å². The highest BCUT2D eigenvalue weighted by molar-refractivity contribution is 7.86. The Morgan fingerprint density at radius 3 is 2.50 bits per heavy atom. The minimum atomic E-state index is -3.76. The van der Waals surface area contributed by atoms with E-state index in [9.17, 15) is 8.42 Å². The molecule has 2 rings (SSSR count). The van der Waals surface area contributed by atoms with Gasteiger partial charge in [-0.1, -0.05) is 17.7 Å². The van der Waals surface area contributed by atoms with Crippen LogP contribution in [0, 0.1) is 6.92 Å². The number of hydrogen-bond donors (Lipinski definition) is 0. The predicted molar refractivity (Wildman–Crippen MR) is 74.1 cm³/mol. The average Bonchev–Trinajstić information content (AvgIpc) is 2.37. The second-order valence-corrected chi connectivity index (χ2v) is 6.98. The molecule has 1 aliphatic heterocycles. The summed E-state index contributed by atoms with van der Waals surface area (Å²) in [5.41, 5.74) is 0.440. The maximum absolute atomic E-state index is 12.1. The maximum Gasteiger partial charge on any atom is 0.297 e. The molecular weight excluding hydrogens is 280 g/mol. The highest BCUT2D eigenvalue weighted by atomic mass is 32.2. The van der Waals surface area contributed by atoms with Gasteiger partial charge in [0.15, 0.2) is 0 Å². The summed E-state index contributed by atoms with van der Waals surface area (Å²) >= 11 is 0.